The normalized spacial score (nSPS) is 15.9. The van der Waals surface area contributed by atoms with Crippen molar-refractivity contribution in [3.8, 4) is 0 Å². The lowest BCUT2D eigenvalue weighted by Gasteiger charge is -2.13. The number of hydrogen-bond acceptors (Lipinski definition) is 3. The van der Waals surface area contributed by atoms with Crippen molar-refractivity contribution < 1.29 is 9.60 Å². The Morgan fingerprint density at radius 2 is 2.24 bits per heavy atom. The van der Waals surface area contributed by atoms with Crippen molar-refractivity contribution in [2.24, 2.45) is 10.9 Å². The maximum atomic E-state index is 13.9. The fourth-order valence-corrected chi connectivity index (χ4v) is 2.51. The minimum Gasteiger partial charge on any atom is -0.409 e. The van der Waals surface area contributed by atoms with E-state index in [9.17, 15) is 4.39 Å². The van der Waals surface area contributed by atoms with Crippen LogP contribution in [0.25, 0.3) is 0 Å². The zero-order valence-corrected chi connectivity index (χ0v) is 12.1. The average molecular weight is 291 g/mol. The van der Waals surface area contributed by atoms with Crippen molar-refractivity contribution in [2.45, 2.75) is 38.6 Å². The first-order chi connectivity index (χ1) is 10.2. The number of nitrogens with zero attached hydrogens (tertiary/aromatic N) is 1. The molecule has 1 aromatic rings. The second-order valence-corrected chi connectivity index (χ2v) is 5.33. The number of benzene rings is 1. The summed E-state index contributed by atoms with van der Waals surface area (Å²) in [6, 6.07) is 4.60. The van der Waals surface area contributed by atoms with Crippen LogP contribution in [-0.2, 0) is 6.54 Å². The van der Waals surface area contributed by atoms with Gasteiger partial charge in [-0.05, 0) is 44.7 Å². The Morgan fingerprint density at radius 1 is 1.38 bits per heavy atom. The van der Waals surface area contributed by atoms with Crippen LogP contribution in [0.5, 0.6) is 0 Å². The van der Waals surface area contributed by atoms with E-state index in [1.54, 1.807) is 12.1 Å². The van der Waals surface area contributed by atoms with E-state index >= 15 is 0 Å². The molecule has 1 aliphatic carbocycles. The van der Waals surface area contributed by atoms with Crippen molar-refractivity contribution in [3.05, 3.63) is 46.8 Å². The van der Waals surface area contributed by atoms with Crippen LogP contribution in [0.15, 0.2) is 35.0 Å². The molecule has 0 spiro atoms. The minimum absolute atomic E-state index is 0.0855. The van der Waals surface area contributed by atoms with Crippen molar-refractivity contribution in [1.29, 1.82) is 0 Å². The summed E-state index contributed by atoms with van der Waals surface area (Å²) in [6.07, 6.45) is 8.34. The number of nitrogens with one attached hydrogen (secondary N) is 1. The topological polar surface area (TPSA) is 70.6 Å². The fraction of sp³-hybridized carbons (Fsp3) is 0.438. The van der Waals surface area contributed by atoms with Gasteiger partial charge >= 0.3 is 0 Å². The molecule has 0 bridgehead atoms. The predicted molar refractivity (Wildman–Crippen MR) is 81.8 cm³/mol. The lowest BCUT2D eigenvalue weighted by molar-refractivity contribution is 0.318. The fourth-order valence-electron chi connectivity index (χ4n) is 2.51. The standard InChI is InChI=1S/C16H22FN3O/c17-15-10-13(16(18)20-21)6-7-14(15)11-19-9-8-12-4-2-1-3-5-12/h4,6-7,10,19,21H,1-3,5,8-9,11H2,(H2,18,20). The first-order valence-electron chi connectivity index (χ1n) is 7.35. The van der Waals surface area contributed by atoms with Crippen LogP contribution in [-0.4, -0.2) is 17.6 Å². The summed E-state index contributed by atoms with van der Waals surface area (Å²) in [5, 5.41) is 14.7. The van der Waals surface area contributed by atoms with Gasteiger partial charge in [-0.3, -0.25) is 0 Å². The molecule has 0 saturated carbocycles. The molecule has 0 radical (unpaired) electrons. The van der Waals surface area contributed by atoms with Crippen molar-refractivity contribution in [2.75, 3.05) is 6.54 Å². The van der Waals surface area contributed by atoms with Gasteiger partial charge in [-0.1, -0.05) is 28.9 Å². The molecule has 1 aliphatic rings. The average Bonchev–Trinajstić information content (AvgIpc) is 2.53. The van der Waals surface area contributed by atoms with E-state index in [-0.39, 0.29) is 11.7 Å². The van der Waals surface area contributed by atoms with Gasteiger partial charge in [-0.2, -0.15) is 0 Å². The number of allylic oxidation sites excluding steroid dienone is 1. The van der Waals surface area contributed by atoms with E-state index < -0.39 is 0 Å². The largest absolute Gasteiger partial charge is 0.409 e. The molecule has 0 aromatic heterocycles. The summed E-state index contributed by atoms with van der Waals surface area (Å²) < 4.78 is 13.9. The maximum Gasteiger partial charge on any atom is 0.170 e. The highest BCUT2D eigenvalue weighted by Gasteiger charge is 2.07. The predicted octanol–water partition coefficient (Wildman–Crippen LogP) is 2.90. The second kappa shape index (κ2) is 7.78. The van der Waals surface area contributed by atoms with E-state index in [1.807, 2.05) is 0 Å². The highest BCUT2D eigenvalue weighted by atomic mass is 19.1. The molecule has 0 amide bonds. The third-order valence-electron chi connectivity index (χ3n) is 3.78. The Morgan fingerprint density at radius 3 is 2.90 bits per heavy atom. The molecule has 0 heterocycles. The molecular formula is C16H22FN3O. The van der Waals surface area contributed by atoms with Crippen molar-refractivity contribution in [3.63, 3.8) is 0 Å². The van der Waals surface area contributed by atoms with E-state index in [4.69, 9.17) is 10.9 Å². The Kier molecular flexibility index (Phi) is 5.75. The van der Waals surface area contributed by atoms with E-state index in [0.717, 1.165) is 13.0 Å². The highest BCUT2D eigenvalue weighted by Crippen LogP contribution is 2.19. The molecule has 5 heteroatoms. The number of oxime groups is 1. The van der Waals surface area contributed by atoms with Crippen molar-refractivity contribution in [1.82, 2.24) is 5.32 Å². The number of halogens is 1. The quantitative estimate of drug-likeness (QED) is 0.188. The third-order valence-corrected chi connectivity index (χ3v) is 3.78. The van der Waals surface area contributed by atoms with Crippen LogP contribution in [0.2, 0.25) is 0 Å². The smallest absolute Gasteiger partial charge is 0.170 e. The number of hydrogen-bond donors (Lipinski definition) is 3. The lowest BCUT2D eigenvalue weighted by Crippen LogP contribution is -2.18. The van der Waals surface area contributed by atoms with Gasteiger partial charge in [0.2, 0.25) is 0 Å². The van der Waals surface area contributed by atoms with Crippen LogP contribution in [0.1, 0.15) is 43.2 Å². The Bertz CT molecular complexity index is 540. The van der Waals surface area contributed by atoms with Gasteiger partial charge in [0, 0.05) is 17.7 Å². The third kappa shape index (κ3) is 4.56. The first-order valence-corrected chi connectivity index (χ1v) is 7.35. The molecule has 1 aromatic carbocycles. The zero-order chi connectivity index (χ0) is 15.1. The molecule has 114 valence electrons. The summed E-state index contributed by atoms with van der Waals surface area (Å²) in [5.41, 5.74) is 7.91. The number of rotatable bonds is 6. The molecule has 0 aliphatic heterocycles. The van der Waals surface area contributed by atoms with Gasteiger partial charge in [0.05, 0.1) is 0 Å². The summed E-state index contributed by atoms with van der Waals surface area (Å²) in [4.78, 5) is 0. The van der Waals surface area contributed by atoms with Crippen LogP contribution in [0.4, 0.5) is 4.39 Å². The van der Waals surface area contributed by atoms with E-state index in [2.05, 4.69) is 16.5 Å². The van der Waals surface area contributed by atoms with Crippen LogP contribution in [0, 0.1) is 5.82 Å². The van der Waals surface area contributed by atoms with Crippen LogP contribution < -0.4 is 11.1 Å². The Labute approximate surface area is 124 Å². The van der Waals surface area contributed by atoms with E-state index in [0.29, 0.717) is 17.7 Å². The first kappa shape index (κ1) is 15.5. The number of nitrogens with two attached hydrogens (primary N) is 1. The summed E-state index contributed by atoms with van der Waals surface area (Å²) >= 11 is 0. The molecule has 0 saturated heterocycles. The molecule has 0 fully saturated rings. The van der Waals surface area contributed by atoms with Crippen LogP contribution >= 0.6 is 0 Å². The molecule has 0 unspecified atom stereocenters. The molecule has 0 atom stereocenters. The molecule has 2 rings (SSSR count). The number of amidine groups is 1. The summed E-state index contributed by atoms with van der Waals surface area (Å²) in [5.74, 6) is -0.430. The minimum atomic E-state index is -0.344. The second-order valence-electron chi connectivity index (χ2n) is 5.33. The van der Waals surface area contributed by atoms with Gasteiger partial charge in [-0.25, -0.2) is 4.39 Å². The lowest BCUT2D eigenvalue weighted by atomic mass is 9.97. The molecule has 4 nitrogen and oxygen atoms in total. The SMILES string of the molecule is NC(=NO)c1ccc(CNCCC2=CCCCC2)c(F)c1. The zero-order valence-electron chi connectivity index (χ0n) is 12.1. The Balaban J connectivity index is 1.82. The van der Waals surface area contributed by atoms with Gasteiger partial charge in [0.25, 0.3) is 0 Å². The van der Waals surface area contributed by atoms with Gasteiger partial charge < -0.3 is 16.3 Å². The summed E-state index contributed by atoms with van der Waals surface area (Å²) in [6.45, 7) is 1.34. The van der Waals surface area contributed by atoms with Gasteiger partial charge in [-0.15, -0.1) is 0 Å². The van der Waals surface area contributed by atoms with Crippen molar-refractivity contribution >= 4 is 5.84 Å². The Hall–Kier alpha value is -1.88. The molecular weight excluding hydrogens is 269 g/mol. The maximum absolute atomic E-state index is 13.9. The van der Waals surface area contributed by atoms with Crippen LogP contribution in [0.3, 0.4) is 0 Å². The van der Waals surface area contributed by atoms with Gasteiger partial charge in [0.15, 0.2) is 5.84 Å². The monoisotopic (exact) mass is 291 g/mol. The van der Waals surface area contributed by atoms with Gasteiger partial charge in [0.1, 0.15) is 5.82 Å². The highest BCUT2D eigenvalue weighted by molar-refractivity contribution is 5.97. The summed E-state index contributed by atoms with van der Waals surface area (Å²) in [7, 11) is 0. The molecule has 21 heavy (non-hydrogen) atoms. The molecule has 4 N–H and O–H groups in total. The van der Waals surface area contributed by atoms with E-state index in [1.165, 1.54) is 37.3 Å².